The molecule has 2 aliphatic heterocycles. The number of nitrogens with zero attached hydrogens (tertiary/aromatic N) is 1. The number of benzene rings is 6. The summed E-state index contributed by atoms with van der Waals surface area (Å²) in [5, 5.41) is 4.96. The van der Waals surface area contributed by atoms with Crippen molar-refractivity contribution in [3.8, 4) is 5.69 Å². The van der Waals surface area contributed by atoms with Gasteiger partial charge in [-0.1, -0.05) is 91.0 Å². The maximum atomic E-state index is 6.45. The molecule has 6 aromatic carbocycles. The molecule has 2 unspecified atom stereocenters. The molecule has 2 atom stereocenters. The minimum absolute atomic E-state index is 0.111. The van der Waals surface area contributed by atoms with Crippen LogP contribution in [0.3, 0.4) is 0 Å². The van der Waals surface area contributed by atoms with Crippen LogP contribution in [0.2, 0.25) is 0 Å². The van der Waals surface area contributed by atoms with Gasteiger partial charge in [0.25, 0.3) is 0 Å². The molecule has 0 fully saturated rings. The lowest BCUT2D eigenvalue weighted by Crippen LogP contribution is -2.40. The molecule has 1 spiro atoms. The first kappa shape index (κ1) is 22.0. The zero-order valence-electron chi connectivity index (χ0n) is 22.4. The Kier molecular flexibility index (Phi) is 4.03. The Balaban J connectivity index is 1.49. The number of hydrogen-bond donors (Lipinski definition) is 0. The Bertz CT molecular complexity index is 2410. The zero-order valence-corrected chi connectivity index (χ0v) is 23.2. The highest BCUT2D eigenvalue weighted by Gasteiger charge is 2.54. The summed E-state index contributed by atoms with van der Waals surface area (Å²) in [4.78, 5) is 2.78. The first-order valence-corrected chi connectivity index (χ1v) is 15.7. The maximum absolute atomic E-state index is 6.45. The van der Waals surface area contributed by atoms with Gasteiger partial charge < -0.3 is 8.98 Å². The molecule has 0 amide bonds. The van der Waals surface area contributed by atoms with E-state index in [-0.39, 0.29) is 10.9 Å². The number of fused-ring (bicyclic) bond motifs is 14. The lowest BCUT2D eigenvalue weighted by Gasteiger charge is -2.43. The van der Waals surface area contributed by atoms with Crippen LogP contribution < -0.4 is 0 Å². The average Bonchev–Trinajstić information content (AvgIpc) is 3.57. The summed E-state index contributed by atoms with van der Waals surface area (Å²) in [6, 6.07) is 47.3. The molecule has 10 rings (SSSR count). The Hall–Kier alpha value is -4.73. The summed E-state index contributed by atoms with van der Waals surface area (Å²) in [5.41, 5.74) is 10.7. The van der Waals surface area contributed by atoms with Gasteiger partial charge in [0.15, 0.2) is 9.79 Å². The first-order valence-electron chi connectivity index (χ1n) is 14.1. The minimum atomic E-state index is -0.460. The molecule has 8 aromatic rings. The van der Waals surface area contributed by atoms with E-state index in [1.807, 2.05) is 0 Å². The topological polar surface area (TPSA) is 18.1 Å². The summed E-state index contributed by atoms with van der Waals surface area (Å²) in [5.74, 6) is 0. The number of hydrogen-bond acceptors (Lipinski definition) is 1. The van der Waals surface area contributed by atoms with Crippen molar-refractivity contribution < 1.29 is 4.42 Å². The van der Waals surface area contributed by atoms with Crippen molar-refractivity contribution in [1.82, 2.24) is 4.57 Å². The second-order valence-electron chi connectivity index (χ2n) is 11.3. The van der Waals surface area contributed by atoms with Crippen LogP contribution in [-0.4, -0.2) is 10.8 Å². The van der Waals surface area contributed by atoms with Gasteiger partial charge in [0.05, 0.1) is 33.0 Å². The molecule has 0 aliphatic carbocycles. The van der Waals surface area contributed by atoms with Gasteiger partial charge in [-0.05, 0) is 41.5 Å². The quantitative estimate of drug-likeness (QED) is 0.175. The molecule has 0 N–H and O–H groups in total. The van der Waals surface area contributed by atoms with E-state index in [0.29, 0.717) is 0 Å². The van der Waals surface area contributed by atoms with Gasteiger partial charge in [-0.3, -0.25) is 0 Å². The Morgan fingerprint density at radius 3 is 2.17 bits per heavy atom. The van der Waals surface area contributed by atoms with Gasteiger partial charge >= 0.3 is 0 Å². The number of furan rings is 1. The molecule has 2 aromatic heterocycles. The van der Waals surface area contributed by atoms with Gasteiger partial charge in [0.1, 0.15) is 17.4 Å². The normalized spacial score (nSPS) is 18.7. The third kappa shape index (κ3) is 2.49. The van der Waals surface area contributed by atoms with Crippen molar-refractivity contribution >= 4 is 54.6 Å². The van der Waals surface area contributed by atoms with Crippen LogP contribution >= 0.6 is 0 Å². The molecular weight excluding hydrogens is 518 g/mol. The van der Waals surface area contributed by atoms with Crippen molar-refractivity contribution in [2.75, 3.05) is 6.26 Å². The lowest BCUT2D eigenvalue weighted by atomic mass is 9.62. The molecule has 3 heteroatoms. The predicted molar refractivity (Wildman–Crippen MR) is 170 cm³/mol. The fourth-order valence-electron chi connectivity index (χ4n) is 7.89. The van der Waals surface area contributed by atoms with Gasteiger partial charge in [-0.2, -0.15) is 0 Å². The molecule has 0 radical (unpaired) electrons. The van der Waals surface area contributed by atoms with Gasteiger partial charge in [-0.25, -0.2) is 0 Å². The van der Waals surface area contributed by atoms with Crippen molar-refractivity contribution in [1.29, 1.82) is 0 Å². The molecule has 0 saturated carbocycles. The highest BCUT2D eigenvalue weighted by atomic mass is 32.2. The van der Waals surface area contributed by atoms with E-state index in [4.69, 9.17) is 4.42 Å². The zero-order chi connectivity index (χ0) is 26.9. The Labute approximate surface area is 239 Å². The summed E-state index contributed by atoms with van der Waals surface area (Å²) in [6.07, 6.45) is 2.38. The molecule has 0 bridgehead atoms. The molecule has 0 saturated heterocycles. The van der Waals surface area contributed by atoms with E-state index in [1.165, 1.54) is 70.3 Å². The smallest absolute Gasteiger partial charge is 0.168 e. The van der Waals surface area contributed by atoms with Gasteiger partial charge in [0, 0.05) is 38.7 Å². The lowest BCUT2D eigenvalue weighted by molar-refractivity contribution is 0.661. The van der Waals surface area contributed by atoms with E-state index >= 15 is 0 Å². The van der Waals surface area contributed by atoms with Gasteiger partial charge in [-0.15, -0.1) is 0 Å². The van der Waals surface area contributed by atoms with E-state index in [1.54, 1.807) is 0 Å². The van der Waals surface area contributed by atoms with Crippen LogP contribution in [0, 0.1) is 0 Å². The molecule has 41 heavy (non-hydrogen) atoms. The van der Waals surface area contributed by atoms with E-state index in [2.05, 4.69) is 138 Å². The summed E-state index contributed by atoms with van der Waals surface area (Å²) in [6.45, 7) is 0. The second kappa shape index (κ2) is 7.51. The summed E-state index contributed by atoms with van der Waals surface area (Å²) >= 11 is 0. The standard InChI is InChI=1S/C38H24NOS/c1-41-35-20-9-5-15-28(35)38(30-21-26-24-12-3-8-19-33(24)40-34(26)22-36(30)41)27-14-4-7-18-32(27)39-31-17-6-2-11-23(31)25-13-10-16-29(38)37(25)39/h2-22H,1H3/q+1. The summed E-state index contributed by atoms with van der Waals surface area (Å²) < 4.78 is 8.96. The molecule has 2 aliphatic rings. The highest BCUT2D eigenvalue weighted by Crippen LogP contribution is 2.59. The SMILES string of the molecule is C[S+]1c2ccccc2C2(c3ccccc3-n3c4ccccc4c4cccc2c43)c2cc3c(cc21)oc1ccccc13. The monoisotopic (exact) mass is 542 g/mol. The van der Waals surface area contributed by atoms with Crippen molar-refractivity contribution in [3.05, 3.63) is 150 Å². The van der Waals surface area contributed by atoms with Gasteiger partial charge in [0.2, 0.25) is 0 Å². The van der Waals surface area contributed by atoms with Crippen LogP contribution in [0.15, 0.2) is 142 Å². The first-order chi connectivity index (χ1) is 20.3. The summed E-state index contributed by atoms with van der Waals surface area (Å²) in [7, 11) is -0.111. The van der Waals surface area contributed by atoms with E-state index in [9.17, 15) is 0 Å². The third-order valence-electron chi connectivity index (χ3n) is 9.48. The number of rotatable bonds is 0. The highest BCUT2D eigenvalue weighted by molar-refractivity contribution is 7.96. The molecular formula is C38H24NOS+. The van der Waals surface area contributed by atoms with Crippen LogP contribution in [-0.2, 0) is 16.3 Å². The van der Waals surface area contributed by atoms with E-state index < -0.39 is 5.41 Å². The maximum Gasteiger partial charge on any atom is 0.168 e. The van der Waals surface area contributed by atoms with Crippen molar-refractivity contribution in [2.45, 2.75) is 15.2 Å². The molecule has 4 heterocycles. The average molecular weight is 543 g/mol. The third-order valence-corrected chi connectivity index (χ3v) is 11.5. The number of aromatic nitrogens is 1. The Morgan fingerprint density at radius 2 is 1.24 bits per heavy atom. The van der Waals surface area contributed by atoms with Crippen LogP contribution in [0.5, 0.6) is 0 Å². The van der Waals surface area contributed by atoms with Crippen LogP contribution in [0.4, 0.5) is 0 Å². The van der Waals surface area contributed by atoms with Crippen LogP contribution in [0.25, 0.3) is 49.4 Å². The predicted octanol–water partition coefficient (Wildman–Crippen LogP) is 9.36. The van der Waals surface area contributed by atoms with Crippen molar-refractivity contribution in [2.24, 2.45) is 0 Å². The minimum Gasteiger partial charge on any atom is -0.456 e. The number of para-hydroxylation sites is 4. The molecule has 2 nitrogen and oxygen atoms in total. The molecule has 192 valence electrons. The fraction of sp³-hybridized carbons (Fsp3) is 0.0526. The largest absolute Gasteiger partial charge is 0.456 e. The van der Waals surface area contributed by atoms with Crippen LogP contribution in [0.1, 0.15) is 22.3 Å². The fourth-order valence-corrected chi connectivity index (χ4v) is 9.78. The second-order valence-corrected chi connectivity index (χ2v) is 13.2. The van der Waals surface area contributed by atoms with E-state index in [0.717, 1.165) is 11.2 Å². The van der Waals surface area contributed by atoms with Crippen molar-refractivity contribution in [3.63, 3.8) is 0 Å². The Morgan fingerprint density at radius 1 is 0.537 bits per heavy atom.